The summed E-state index contributed by atoms with van der Waals surface area (Å²) in [6.07, 6.45) is 1.36. The molecule has 6 nitrogen and oxygen atoms in total. The zero-order valence-corrected chi connectivity index (χ0v) is 10.8. The molecule has 1 heterocycles. The Balaban J connectivity index is 2.03. The molecule has 2 rings (SSSR count). The van der Waals surface area contributed by atoms with Gasteiger partial charge in [-0.25, -0.2) is 0 Å². The fraction of sp³-hybridized carbons (Fsp3) is 0.214. The van der Waals surface area contributed by atoms with Crippen LogP contribution < -0.4 is 15.5 Å². The van der Waals surface area contributed by atoms with Gasteiger partial charge in [0.1, 0.15) is 17.7 Å². The van der Waals surface area contributed by atoms with Gasteiger partial charge in [-0.3, -0.25) is 4.79 Å². The van der Waals surface area contributed by atoms with E-state index < -0.39 is 0 Å². The number of rotatable bonds is 3. The number of carbonyl (C=O) groups excluding carboxylic acids is 1. The molecule has 0 unspecified atom stereocenters. The van der Waals surface area contributed by atoms with Crippen molar-refractivity contribution in [2.24, 2.45) is 0 Å². The van der Waals surface area contributed by atoms with E-state index in [1.165, 1.54) is 6.20 Å². The number of hydrogen-bond donors (Lipinski definition) is 2. The predicted octanol–water partition coefficient (Wildman–Crippen LogP) is 0.966. The molecule has 0 aromatic heterocycles. The van der Waals surface area contributed by atoms with E-state index in [9.17, 15) is 4.79 Å². The summed E-state index contributed by atoms with van der Waals surface area (Å²) in [5, 5.41) is 22.9. The third-order valence-electron chi connectivity index (χ3n) is 2.89. The molecule has 0 bridgehead atoms. The number of piperazine rings is 1. The lowest BCUT2D eigenvalue weighted by molar-refractivity contribution is -0.120. The third kappa shape index (κ3) is 3.27. The van der Waals surface area contributed by atoms with Crippen LogP contribution in [-0.2, 0) is 4.79 Å². The van der Waals surface area contributed by atoms with E-state index in [2.05, 4.69) is 10.6 Å². The van der Waals surface area contributed by atoms with Crippen molar-refractivity contribution in [2.75, 3.05) is 29.9 Å². The zero-order valence-electron chi connectivity index (χ0n) is 10.8. The number of hydrogen-bond acceptors (Lipinski definition) is 5. The van der Waals surface area contributed by atoms with Crippen molar-refractivity contribution in [3.05, 3.63) is 36.0 Å². The Morgan fingerprint density at radius 1 is 1.30 bits per heavy atom. The Labute approximate surface area is 116 Å². The Bertz CT molecular complexity index is 590. The number of anilines is 2. The summed E-state index contributed by atoms with van der Waals surface area (Å²) in [4.78, 5) is 13.3. The molecule has 2 N–H and O–H groups in total. The maximum Gasteiger partial charge on any atom is 0.239 e. The first-order valence-corrected chi connectivity index (χ1v) is 6.11. The van der Waals surface area contributed by atoms with Gasteiger partial charge < -0.3 is 15.5 Å². The first-order chi connectivity index (χ1) is 9.72. The molecule has 0 aliphatic carbocycles. The first-order valence-electron chi connectivity index (χ1n) is 6.11. The van der Waals surface area contributed by atoms with Crippen molar-refractivity contribution in [1.29, 1.82) is 10.5 Å². The molecule has 0 spiro atoms. The van der Waals surface area contributed by atoms with E-state index >= 15 is 0 Å². The van der Waals surface area contributed by atoms with E-state index in [1.807, 2.05) is 29.2 Å². The van der Waals surface area contributed by atoms with Gasteiger partial charge in [-0.1, -0.05) is 0 Å². The highest BCUT2D eigenvalue weighted by atomic mass is 16.2. The first kappa shape index (κ1) is 13.4. The van der Waals surface area contributed by atoms with Gasteiger partial charge in [0.2, 0.25) is 5.91 Å². The average Bonchev–Trinajstić information content (AvgIpc) is 2.49. The second-order valence-electron chi connectivity index (χ2n) is 4.24. The number of amides is 1. The minimum Gasteiger partial charge on any atom is -0.360 e. The zero-order chi connectivity index (χ0) is 14.4. The van der Waals surface area contributed by atoms with Crippen LogP contribution in [0.1, 0.15) is 0 Å². The van der Waals surface area contributed by atoms with Crippen molar-refractivity contribution in [1.82, 2.24) is 5.32 Å². The fourth-order valence-corrected chi connectivity index (χ4v) is 1.87. The topological polar surface area (TPSA) is 91.9 Å². The summed E-state index contributed by atoms with van der Waals surface area (Å²) in [6, 6.07) is 11.0. The van der Waals surface area contributed by atoms with Crippen molar-refractivity contribution in [3.63, 3.8) is 0 Å². The summed E-state index contributed by atoms with van der Waals surface area (Å²) < 4.78 is 0. The summed E-state index contributed by atoms with van der Waals surface area (Å²) in [5.74, 6) is 0.0223. The van der Waals surface area contributed by atoms with E-state index in [4.69, 9.17) is 10.5 Å². The van der Waals surface area contributed by atoms with Crippen molar-refractivity contribution in [2.45, 2.75) is 0 Å². The van der Waals surface area contributed by atoms with E-state index in [0.29, 0.717) is 13.1 Å². The van der Waals surface area contributed by atoms with Gasteiger partial charge in [0.25, 0.3) is 0 Å². The third-order valence-corrected chi connectivity index (χ3v) is 2.89. The molecule has 1 aromatic carbocycles. The van der Waals surface area contributed by atoms with Crippen LogP contribution in [0.25, 0.3) is 0 Å². The summed E-state index contributed by atoms with van der Waals surface area (Å²) in [5.41, 5.74) is 1.76. The molecule has 0 atom stereocenters. The smallest absolute Gasteiger partial charge is 0.239 e. The molecule has 0 radical (unpaired) electrons. The van der Waals surface area contributed by atoms with Gasteiger partial charge in [-0.15, -0.1) is 0 Å². The van der Waals surface area contributed by atoms with Crippen LogP contribution in [0, 0.1) is 22.7 Å². The highest BCUT2D eigenvalue weighted by Gasteiger charge is 2.15. The van der Waals surface area contributed by atoms with Crippen LogP contribution in [-0.4, -0.2) is 25.5 Å². The van der Waals surface area contributed by atoms with E-state index in [-0.39, 0.29) is 11.5 Å². The molecule has 1 fully saturated rings. The number of allylic oxidation sites excluding steroid dienone is 1. The summed E-state index contributed by atoms with van der Waals surface area (Å²) in [6.45, 7) is 1.79. The van der Waals surface area contributed by atoms with E-state index in [0.717, 1.165) is 17.9 Å². The lowest BCUT2D eigenvalue weighted by Gasteiger charge is -2.28. The van der Waals surface area contributed by atoms with E-state index in [1.54, 1.807) is 12.1 Å². The Hall–Kier alpha value is -2.99. The standard InChI is InChI=1S/C14H13N5O/c15-7-11(8-16)9-18-12-1-3-13(4-2-12)19-6-5-17-14(20)10-19/h1-4,9,18H,5-6,10H2,(H,17,20). The Kier molecular flexibility index (Phi) is 4.21. The van der Waals surface area contributed by atoms with Crippen LogP contribution >= 0.6 is 0 Å². The molecular weight excluding hydrogens is 254 g/mol. The van der Waals surface area contributed by atoms with Crippen LogP contribution in [0.5, 0.6) is 0 Å². The molecule has 1 aliphatic rings. The van der Waals surface area contributed by atoms with Crippen LogP contribution in [0.3, 0.4) is 0 Å². The number of carbonyl (C=O) groups is 1. The number of nitrogens with one attached hydrogen (secondary N) is 2. The maximum atomic E-state index is 11.3. The Morgan fingerprint density at radius 3 is 2.60 bits per heavy atom. The van der Waals surface area contributed by atoms with Crippen LogP contribution in [0.4, 0.5) is 11.4 Å². The molecule has 1 amide bonds. The fourth-order valence-electron chi connectivity index (χ4n) is 1.87. The summed E-state index contributed by atoms with van der Waals surface area (Å²) >= 11 is 0. The lowest BCUT2D eigenvalue weighted by Crippen LogP contribution is -2.47. The lowest BCUT2D eigenvalue weighted by atomic mass is 10.2. The molecule has 0 saturated carbocycles. The normalized spacial score (nSPS) is 13.7. The highest BCUT2D eigenvalue weighted by molar-refractivity contribution is 5.82. The molecule has 1 aliphatic heterocycles. The van der Waals surface area contributed by atoms with Gasteiger partial charge in [0.15, 0.2) is 0 Å². The molecule has 20 heavy (non-hydrogen) atoms. The average molecular weight is 267 g/mol. The number of nitriles is 2. The highest BCUT2D eigenvalue weighted by Crippen LogP contribution is 2.18. The van der Waals surface area contributed by atoms with Gasteiger partial charge in [-0.2, -0.15) is 10.5 Å². The SMILES string of the molecule is N#CC(C#N)=CNc1ccc(N2CCNC(=O)C2)cc1. The second kappa shape index (κ2) is 6.26. The summed E-state index contributed by atoms with van der Waals surface area (Å²) in [7, 11) is 0. The van der Waals surface area contributed by atoms with Crippen molar-refractivity contribution >= 4 is 17.3 Å². The Morgan fingerprint density at radius 2 is 2.00 bits per heavy atom. The molecular formula is C14H13N5O. The van der Waals surface area contributed by atoms with Crippen molar-refractivity contribution < 1.29 is 4.79 Å². The molecule has 1 saturated heterocycles. The quantitative estimate of drug-likeness (QED) is 0.796. The predicted molar refractivity (Wildman–Crippen MR) is 74.6 cm³/mol. The minimum atomic E-state index is 0.0155. The van der Waals surface area contributed by atoms with Gasteiger partial charge >= 0.3 is 0 Å². The van der Waals surface area contributed by atoms with Gasteiger partial charge in [0, 0.05) is 30.7 Å². The minimum absolute atomic E-state index is 0.0155. The van der Waals surface area contributed by atoms with Crippen LogP contribution in [0.15, 0.2) is 36.0 Å². The van der Waals surface area contributed by atoms with Crippen LogP contribution in [0.2, 0.25) is 0 Å². The molecule has 1 aromatic rings. The van der Waals surface area contributed by atoms with Crippen molar-refractivity contribution in [3.8, 4) is 12.1 Å². The molecule has 6 heteroatoms. The number of benzene rings is 1. The monoisotopic (exact) mass is 267 g/mol. The maximum absolute atomic E-state index is 11.3. The second-order valence-corrected chi connectivity index (χ2v) is 4.24. The van der Waals surface area contributed by atoms with Gasteiger partial charge in [-0.05, 0) is 24.3 Å². The number of nitrogens with zero attached hydrogens (tertiary/aromatic N) is 3. The molecule has 100 valence electrons. The van der Waals surface area contributed by atoms with Gasteiger partial charge in [0.05, 0.1) is 6.54 Å². The largest absolute Gasteiger partial charge is 0.360 e.